The van der Waals surface area contributed by atoms with Gasteiger partial charge in [-0.1, -0.05) is 41.9 Å². The van der Waals surface area contributed by atoms with Gasteiger partial charge in [-0.25, -0.2) is 9.18 Å². The van der Waals surface area contributed by atoms with E-state index in [-0.39, 0.29) is 11.8 Å². The van der Waals surface area contributed by atoms with Crippen molar-refractivity contribution in [3.8, 4) is 0 Å². The Morgan fingerprint density at radius 1 is 1.18 bits per heavy atom. The molecule has 3 nitrogen and oxygen atoms in total. The van der Waals surface area contributed by atoms with Crippen LogP contribution in [0.2, 0.25) is 5.02 Å². The third-order valence-corrected chi connectivity index (χ3v) is 3.21. The van der Waals surface area contributed by atoms with Crippen molar-refractivity contribution in [2.75, 3.05) is 6.54 Å². The molecule has 0 aliphatic carbocycles. The molecule has 2 aromatic carbocycles. The van der Waals surface area contributed by atoms with E-state index in [4.69, 9.17) is 11.6 Å². The summed E-state index contributed by atoms with van der Waals surface area (Å²) >= 11 is 5.86. The lowest BCUT2D eigenvalue weighted by molar-refractivity contribution is 0.244. The second-order valence-electron chi connectivity index (χ2n) is 4.63. The normalized spacial score (nSPS) is 10.6. The summed E-state index contributed by atoms with van der Waals surface area (Å²) < 4.78 is 13.4. The molecular formula is C17H16ClFN2O. The molecular weight excluding hydrogens is 303 g/mol. The van der Waals surface area contributed by atoms with Crippen molar-refractivity contribution >= 4 is 23.7 Å². The Labute approximate surface area is 133 Å². The van der Waals surface area contributed by atoms with Crippen molar-refractivity contribution in [1.29, 1.82) is 0 Å². The monoisotopic (exact) mass is 318 g/mol. The molecule has 0 heterocycles. The van der Waals surface area contributed by atoms with Crippen LogP contribution in [-0.4, -0.2) is 12.6 Å². The lowest BCUT2D eigenvalue weighted by atomic mass is 10.1. The third kappa shape index (κ3) is 5.22. The van der Waals surface area contributed by atoms with Gasteiger partial charge < -0.3 is 10.6 Å². The van der Waals surface area contributed by atoms with Gasteiger partial charge in [-0.05, 0) is 41.8 Å². The highest BCUT2D eigenvalue weighted by Crippen LogP contribution is 2.11. The van der Waals surface area contributed by atoms with E-state index in [1.807, 2.05) is 12.1 Å². The van der Waals surface area contributed by atoms with Crippen molar-refractivity contribution in [2.24, 2.45) is 0 Å². The maximum absolute atomic E-state index is 13.4. The first-order valence-electron chi connectivity index (χ1n) is 6.85. The summed E-state index contributed by atoms with van der Waals surface area (Å²) in [4.78, 5) is 11.6. The lowest BCUT2D eigenvalue weighted by Gasteiger charge is -2.05. The van der Waals surface area contributed by atoms with E-state index in [1.165, 1.54) is 12.3 Å². The van der Waals surface area contributed by atoms with Crippen LogP contribution in [0, 0.1) is 5.82 Å². The molecule has 2 rings (SSSR count). The molecule has 0 radical (unpaired) electrons. The van der Waals surface area contributed by atoms with E-state index < -0.39 is 0 Å². The van der Waals surface area contributed by atoms with Crippen LogP contribution in [0.5, 0.6) is 0 Å². The van der Waals surface area contributed by atoms with Crippen molar-refractivity contribution in [2.45, 2.75) is 6.42 Å². The molecule has 0 saturated carbocycles. The van der Waals surface area contributed by atoms with Gasteiger partial charge in [0.15, 0.2) is 0 Å². The number of hydrogen-bond donors (Lipinski definition) is 2. The molecule has 5 heteroatoms. The molecule has 0 unspecified atom stereocenters. The summed E-state index contributed by atoms with van der Waals surface area (Å²) in [6.45, 7) is 0.359. The molecule has 0 aliphatic heterocycles. The van der Waals surface area contributed by atoms with Gasteiger partial charge >= 0.3 is 6.03 Å². The van der Waals surface area contributed by atoms with Gasteiger partial charge in [-0.2, -0.15) is 0 Å². The number of hydrogen-bond acceptors (Lipinski definition) is 1. The van der Waals surface area contributed by atoms with E-state index in [9.17, 15) is 9.18 Å². The molecule has 0 atom stereocenters. The summed E-state index contributed by atoms with van der Waals surface area (Å²) in [7, 11) is 0. The predicted octanol–water partition coefficient (Wildman–Crippen LogP) is 3.99. The Kier molecular flexibility index (Phi) is 5.98. The van der Waals surface area contributed by atoms with Crippen LogP contribution in [-0.2, 0) is 6.42 Å². The zero-order valence-electron chi connectivity index (χ0n) is 11.9. The second-order valence-corrected chi connectivity index (χ2v) is 5.07. The fourth-order valence-electron chi connectivity index (χ4n) is 1.89. The first kappa shape index (κ1) is 16.0. The maximum Gasteiger partial charge on any atom is 0.318 e. The van der Waals surface area contributed by atoms with Crippen molar-refractivity contribution < 1.29 is 9.18 Å². The summed E-state index contributed by atoms with van der Waals surface area (Å²) in [5.74, 6) is -0.259. The van der Waals surface area contributed by atoms with Crippen molar-refractivity contribution in [1.82, 2.24) is 10.6 Å². The van der Waals surface area contributed by atoms with E-state index in [0.29, 0.717) is 23.6 Å². The number of nitrogens with one attached hydrogen (secondary N) is 2. The highest BCUT2D eigenvalue weighted by molar-refractivity contribution is 6.30. The zero-order chi connectivity index (χ0) is 15.8. The van der Waals surface area contributed by atoms with Gasteiger partial charge in [0.05, 0.1) is 0 Å². The summed E-state index contributed by atoms with van der Waals surface area (Å²) in [6.07, 6.45) is 3.71. The zero-order valence-corrected chi connectivity index (χ0v) is 12.6. The Bertz CT molecular complexity index is 673. The number of benzene rings is 2. The molecule has 22 heavy (non-hydrogen) atoms. The smallest absolute Gasteiger partial charge is 0.318 e. The van der Waals surface area contributed by atoms with E-state index in [0.717, 1.165) is 5.56 Å². The molecule has 2 N–H and O–H groups in total. The maximum atomic E-state index is 13.4. The molecule has 2 aromatic rings. The largest absolute Gasteiger partial charge is 0.338 e. The number of halogens is 2. The predicted molar refractivity (Wildman–Crippen MR) is 87.1 cm³/mol. The Morgan fingerprint density at radius 3 is 2.77 bits per heavy atom. The van der Waals surface area contributed by atoms with Crippen LogP contribution in [0.3, 0.4) is 0 Å². The Balaban J connectivity index is 1.73. The number of urea groups is 1. The van der Waals surface area contributed by atoms with Crippen molar-refractivity contribution in [3.05, 3.63) is 76.7 Å². The van der Waals surface area contributed by atoms with Crippen molar-refractivity contribution in [3.63, 3.8) is 0 Å². The summed E-state index contributed by atoms with van der Waals surface area (Å²) in [5.41, 5.74) is 1.47. The highest BCUT2D eigenvalue weighted by atomic mass is 35.5. The van der Waals surface area contributed by atoms with Gasteiger partial charge in [0.2, 0.25) is 0 Å². The molecule has 0 bridgehead atoms. The summed E-state index contributed by atoms with van der Waals surface area (Å²) in [5, 5.41) is 5.88. The third-order valence-electron chi connectivity index (χ3n) is 2.98. The molecule has 0 spiro atoms. The average molecular weight is 319 g/mol. The van der Waals surface area contributed by atoms with E-state index in [1.54, 1.807) is 36.4 Å². The van der Waals surface area contributed by atoms with Gasteiger partial charge in [0.25, 0.3) is 0 Å². The molecule has 2 amide bonds. The Hall–Kier alpha value is -2.33. The van der Waals surface area contributed by atoms with Gasteiger partial charge in [0, 0.05) is 17.8 Å². The van der Waals surface area contributed by atoms with Crippen LogP contribution >= 0.6 is 11.6 Å². The Morgan fingerprint density at radius 2 is 2.00 bits per heavy atom. The molecule has 114 valence electrons. The standard InChI is InChI=1S/C17H16ClFN2O/c18-15-6-3-4-13(12-15)8-10-20-17(22)21-11-9-14-5-1-2-7-16(14)19/h1-8,10,12H,9,11H2,(H2,20,21,22)/b10-8+. The molecule has 0 aliphatic rings. The molecule has 0 aromatic heterocycles. The number of carbonyl (C=O) groups is 1. The summed E-state index contributed by atoms with van der Waals surface area (Å²) in [6, 6.07) is 13.5. The van der Waals surface area contributed by atoms with Crippen LogP contribution in [0.15, 0.2) is 54.7 Å². The first-order valence-corrected chi connectivity index (χ1v) is 7.23. The highest BCUT2D eigenvalue weighted by Gasteiger charge is 2.01. The van der Waals surface area contributed by atoms with Gasteiger partial charge in [-0.3, -0.25) is 0 Å². The van der Waals surface area contributed by atoms with Crippen LogP contribution in [0.25, 0.3) is 6.08 Å². The SMILES string of the molecule is O=C(N/C=C/c1cccc(Cl)c1)NCCc1ccccc1F. The first-order chi connectivity index (χ1) is 10.6. The van der Waals surface area contributed by atoms with Crippen LogP contribution < -0.4 is 10.6 Å². The molecule has 0 fully saturated rings. The average Bonchev–Trinajstić information content (AvgIpc) is 2.49. The minimum Gasteiger partial charge on any atom is -0.338 e. The number of rotatable bonds is 5. The quantitative estimate of drug-likeness (QED) is 0.860. The van der Waals surface area contributed by atoms with E-state index >= 15 is 0 Å². The van der Waals surface area contributed by atoms with E-state index in [2.05, 4.69) is 10.6 Å². The minimum absolute atomic E-state index is 0.259. The second kappa shape index (κ2) is 8.20. The topological polar surface area (TPSA) is 41.1 Å². The number of amides is 2. The molecule has 0 saturated heterocycles. The number of carbonyl (C=O) groups excluding carboxylic acids is 1. The lowest BCUT2D eigenvalue weighted by Crippen LogP contribution is -2.33. The fraction of sp³-hybridized carbons (Fsp3) is 0.118. The van der Waals surface area contributed by atoms with Crippen LogP contribution in [0.4, 0.5) is 9.18 Å². The van der Waals surface area contributed by atoms with Gasteiger partial charge in [0.1, 0.15) is 5.82 Å². The fourth-order valence-corrected chi connectivity index (χ4v) is 2.09. The van der Waals surface area contributed by atoms with Gasteiger partial charge in [-0.15, -0.1) is 0 Å². The van der Waals surface area contributed by atoms with Crippen LogP contribution in [0.1, 0.15) is 11.1 Å². The minimum atomic E-state index is -0.338.